The highest BCUT2D eigenvalue weighted by atomic mass is 16.2. The van der Waals surface area contributed by atoms with Crippen molar-refractivity contribution in [3.63, 3.8) is 0 Å². The van der Waals surface area contributed by atoms with E-state index < -0.39 is 0 Å². The number of aryl methyl sites for hydroxylation is 1. The fourth-order valence-corrected chi connectivity index (χ4v) is 5.29. The lowest BCUT2D eigenvalue weighted by Crippen LogP contribution is -2.06. The molecular weight excluding hydrogens is 496 g/mol. The van der Waals surface area contributed by atoms with Crippen molar-refractivity contribution in [1.82, 2.24) is 9.78 Å². The van der Waals surface area contributed by atoms with Gasteiger partial charge < -0.3 is 0 Å². The maximum atomic E-state index is 13.3. The first-order valence-corrected chi connectivity index (χ1v) is 13.7. The largest absolute Gasteiger partial charge is 0.373 e. The second-order valence-corrected chi connectivity index (χ2v) is 10.6. The summed E-state index contributed by atoms with van der Waals surface area (Å²) < 4.78 is 2.03. The second kappa shape index (κ2) is 12.1. The molecule has 5 aromatic rings. The molecule has 0 bridgehead atoms. The predicted molar refractivity (Wildman–Crippen MR) is 156 cm³/mol. The van der Waals surface area contributed by atoms with Crippen molar-refractivity contribution in [1.29, 1.82) is 0 Å². The molecular formula is C35H32N2O3. The number of carbonyl (C=O) groups excluding carboxylic acids is 3. The molecule has 4 aromatic carbocycles. The number of hydrogen-bond acceptors (Lipinski definition) is 4. The number of nitrogens with zero attached hydrogens (tertiary/aromatic N) is 2. The molecule has 0 saturated heterocycles. The van der Waals surface area contributed by atoms with E-state index in [4.69, 9.17) is 14.7 Å². The first-order chi connectivity index (χ1) is 19.5. The third-order valence-corrected chi connectivity index (χ3v) is 7.67. The highest BCUT2D eigenvalue weighted by Gasteiger charge is 2.24. The fourth-order valence-electron chi connectivity index (χ4n) is 5.29. The van der Waals surface area contributed by atoms with E-state index in [1.54, 1.807) is 0 Å². The Hall–Kier alpha value is -4.60. The molecule has 200 valence electrons. The molecule has 0 radical (unpaired) electrons. The predicted octanol–water partition coefficient (Wildman–Crippen LogP) is 7.73. The van der Waals surface area contributed by atoms with Gasteiger partial charge in [-0.1, -0.05) is 97.9 Å². The van der Waals surface area contributed by atoms with Gasteiger partial charge in [0.05, 0.1) is 17.8 Å². The van der Waals surface area contributed by atoms with Crippen molar-refractivity contribution in [3.8, 4) is 11.1 Å². The van der Waals surface area contributed by atoms with Gasteiger partial charge in [0.25, 0.3) is 0 Å². The molecule has 0 unspecified atom stereocenters. The van der Waals surface area contributed by atoms with Crippen LogP contribution in [0.5, 0.6) is 0 Å². The maximum absolute atomic E-state index is 13.3. The summed E-state index contributed by atoms with van der Waals surface area (Å²) in [6.45, 7) is 4.87. The van der Waals surface area contributed by atoms with E-state index in [0.717, 1.165) is 28.1 Å². The fraction of sp³-hybridized carbons (Fsp3) is 0.229. The van der Waals surface area contributed by atoms with Crippen LogP contribution in [0.1, 0.15) is 70.8 Å². The van der Waals surface area contributed by atoms with Crippen LogP contribution in [0.15, 0.2) is 97.1 Å². The molecule has 1 heterocycles. The number of fused-ring (bicyclic) bond motifs is 1. The van der Waals surface area contributed by atoms with Gasteiger partial charge in [-0.05, 0) is 65.5 Å². The first-order valence-electron chi connectivity index (χ1n) is 13.7. The van der Waals surface area contributed by atoms with Gasteiger partial charge in [-0.25, -0.2) is 0 Å². The average molecular weight is 529 g/mol. The van der Waals surface area contributed by atoms with Crippen LogP contribution < -0.4 is 0 Å². The molecule has 5 heteroatoms. The SMILES string of the molecule is Cc1nn(Cc2ccc(-c3ccccc3)cc2)c2cc(C(=O)C[C@@H](C)c3cccc(C4CC4)c3)ccc12.O=C=O. The highest BCUT2D eigenvalue weighted by molar-refractivity contribution is 6.00. The van der Waals surface area contributed by atoms with Crippen molar-refractivity contribution >= 4 is 22.8 Å². The molecule has 0 N–H and O–H groups in total. The van der Waals surface area contributed by atoms with Gasteiger partial charge in [0.2, 0.25) is 0 Å². The molecule has 1 aliphatic rings. The van der Waals surface area contributed by atoms with E-state index in [1.807, 2.05) is 29.8 Å². The quantitative estimate of drug-likeness (QED) is 0.193. The van der Waals surface area contributed by atoms with Crippen molar-refractivity contribution in [3.05, 3.63) is 125 Å². The Morgan fingerprint density at radius 1 is 0.900 bits per heavy atom. The molecule has 0 aliphatic heterocycles. The number of hydrogen-bond donors (Lipinski definition) is 0. The summed E-state index contributed by atoms with van der Waals surface area (Å²) in [5, 5.41) is 5.91. The molecule has 1 atom stereocenters. The van der Waals surface area contributed by atoms with Crippen molar-refractivity contribution in [2.75, 3.05) is 0 Å². The Morgan fingerprint density at radius 3 is 2.30 bits per heavy atom. The molecule has 0 amide bonds. The van der Waals surface area contributed by atoms with Gasteiger partial charge in [-0.3, -0.25) is 9.48 Å². The molecule has 1 saturated carbocycles. The standard InChI is InChI=1S/C34H32N2O.CO2/c1-23(29-9-6-10-30(20-29)28-15-16-28)19-34(37)31-17-18-32-24(2)35-36(33(32)21-31)22-25-11-13-27(14-12-25)26-7-4-3-5-8-26;2-1-3/h3-14,17-18,20-21,23,28H,15-16,19,22H2,1-2H3;/t23-;/m1./s1. The van der Waals surface area contributed by atoms with Crippen LogP contribution in [0, 0.1) is 6.92 Å². The summed E-state index contributed by atoms with van der Waals surface area (Å²) in [7, 11) is 0. The first kappa shape index (κ1) is 27.0. The highest BCUT2D eigenvalue weighted by Crippen LogP contribution is 2.41. The molecule has 40 heavy (non-hydrogen) atoms. The minimum absolute atomic E-state index is 0.184. The molecule has 6 rings (SSSR count). The molecule has 0 spiro atoms. The summed E-state index contributed by atoms with van der Waals surface area (Å²) >= 11 is 0. The van der Waals surface area contributed by atoms with Crippen LogP contribution in [0.4, 0.5) is 0 Å². The lowest BCUT2D eigenvalue weighted by Gasteiger charge is -2.13. The lowest BCUT2D eigenvalue weighted by atomic mass is 9.91. The van der Waals surface area contributed by atoms with E-state index in [1.165, 1.54) is 40.7 Å². The van der Waals surface area contributed by atoms with Gasteiger partial charge in [-0.15, -0.1) is 0 Å². The minimum atomic E-state index is 0.184. The topological polar surface area (TPSA) is 69.0 Å². The summed E-state index contributed by atoms with van der Waals surface area (Å²) in [4.78, 5) is 29.6. The van der Waals surface area contributed by atoms with Crippen LogP contribution in [0.2, 0.25) is 0 Å². The van der Waals surface area contributed by atoms with Gasteiger partial charge >= 0.3 is 6.15 Å². The Kier molecular flexibility index (Phi) is 8.14. The average Bonchev–Trinajstić information content (AvgIpc) is 3.79. The second-order valence-electron chi connectivity index (χ2n) is 10.6. The number of Topliss-reactive ketones (excluding diaryl/α,β-unsaturated/α-hetero) is 1. The smallest absolute Gasteiger partial charge is 0.294 e. The van der Waals surface area contributed by atoms with Crippen molar-refractivity contribution in [2.24, 2.45) is 0 Å². The van der Waals surface area contributed by atoms with E-state index >= 15 is 0 Å². The zero-order valence-electron chi connectivity index (χ0n) is 22.8. The van der Waals surface area contributed by atoms with E-state index in [2.05, 4.69) is 85.8 Å². The number of ketones is 1. The Bertz CT molecular complexity index is 1660. The zero-order chi connectivity index (χ0) is 28.1. The van der Waals surface area contributed by atoms with Crippen LogP contribution >= 0.6 is 0 Å². The van der Waals surface area contributed by atoms with Gasteiger partial charge in [0.15, 0.2) is 5.78 Å². The summed E-state index contributed by atoms with van der Waals surface area (Å²) in [5.74, 6) is 1.10. The summed E-state index contributed by atoms with van der Waals surface area (Å²) in [6.07, 6.45) is 3.34. The Balaban J connectivity index is 0.00000103. The minimum Gasteiger partial charge on any atom is -0.294 e. The molecule has 1 fully saturated rings. The lowest BCUT2D eigenvalue weighted by molar-refractivity contribution is -0.191. The van der Waals surface area contributed by atoms with Gasteiger partial charge in [0, 0.05) is 17.4 Å². The van der Waals surface area contributed by atoms with Crippen molar-refractivity contribution in [2.45, 2.75) is 51.5 Å². The van der Waals surface area contributed by atoms with Gasteiger partial charge in [0.1, 0.15) is 0 Å². The molecule has 5 nitrogen and oxygen atoms in total. The van der Waals surface area contributed by atoms with E-state index in [9.17, 15) is 4.79 Å². The van der Waals surface area contributed by atoms with E-state index in [0.29, 0.717) is 13.0 Å². The third kappa shape index (κ3) is 6.17. The number of rotatable bonds is 8. The number of aromatic nitrogens is 2. The third-order valence-electron chi connectivity index (χ3n) is 7.67. The van der Waals surface area contributed by atoms with Crippen molar-refractivity contribution < 1.29 is 14.4 Å². The summed E-state index contributed by atoms with van der Waals surface area (Å²) in [5.41, 5.74) is 9.05. The molecule has 1 aromatic heterocycles. The Labute approximate surface area is 234 Å². The van der Waals surface area contributed by atoms with Crippen LogP contribution in [-0.2, 0) is 16.1 Å². The maximum Gasteiger partial charge on any atom is 0.373 e. The van der Waals surface area contributed by atoms with Crippen LogP contribution in [0.25, 0.3) is 22.0 Å². The number of benzene rings is 4. The summed E-state index contributed by atoms with van der Waals surface area (Å²) in [6, 6.07) is 34.0. The normalized spacial score (nSPS) is 13.2. The monoisotopic (exact) mass is 528 g/mol. The number of carbonyl (C=O) groups is 1. The van der Waals surface area contributed by atoms with Crippen LogP contribution in [0.3, 0.4) is 0 Å². The van der Waals surface area contributed by atoms with E-state index in [-0.39, 0.29) is 17.9 Å². The molecule has 1 aliphatic carbocycles. The van der Waals surface area contributed by atoms with Gasteiger partial charge in [-0.2, -0.15) is 14.7 Å². The Morgan fingerprint density at radius 2 is 1.60 bits per heavy atom. The van der Waals surface area contributed by atoms with Crippen LogP contribution in [-0.4, -0.2) is 21.7 Å². The zero-order valence-corrected chi connectivity index (χ0v) is 22.8.